The van der Waals surface area contributed by atoms with Crippen molar-refractivity contribution in [3.05, 3.63) is 12.3 Å². The summed E-state index contributed by atoms with van der Waals surface area (Å²) in [6.07, 6.45) is -2.27. The van der Waals surface area contributed by atoms with E-state index >= 15 is 0 Å². The zero-order chi connectivity index (χ0) is 13.4. The van der Waals surface area contributed by atoms with E-state index in [2.05, 4.69) is 0 Å². The zero-order valence-corrected chi connectivity index (χ0v) is 9.88. The van der Waals surface area contributed by atoms with Gasteiger partial charge >= 0.3 is 0 Å². The summed E-state index contributed by atoms with van der Waals surface area (Å²) in [5.74, 6) is -0.259. The highest BCUT2D eigenvalue weighted by Crippen LogP contribution is 2.26. The van der Waals surface area contributed by atoms with Crippen LogP contribution in [0, 0.1) is 0 Å². The first-order valence-corrected chi connectivity index (χ1v) is 5.58. The maximum Gasteiger partial charge on any atom is 0.250 e. The second kappa shape index (κ2) is 4.82. The molecule has 5 N–H and O–H groups in total. The van der Waals surface area contributed by atoms with E-state index in [-0.39, 0.29) is 5.91 Å². The minimum absolute atomic E-state index is 0.259. The number of aliphatic hydroxyl groups is 3. The molecule has 0 spiro atoms. The highest BCUT2D eigenvalue weighted by molar-refractivity contribution is 5.88. The van der Waals surface area contributed by atoms with E-state index < -0.39 is 37.4 Å². The Bertz CT molecular complexity index is 363. The zero-order valence-electron chi connectivity index (χ0n) is 9.88. The average Bonchev–Trinajstić information content (AvgIpc) is 2.64. The molecule has 0 aromatic heterocycles. The summed E-state index contributed by atoms with van der Waals surface area (Å²) >= 11 is 0. The SMILES string of the molecule is CN1C(=O)C=CN([C@@H]2O[C@H](CO)[C@@H](O)[C@H]2O)C1N. The van der Waals surface area contributed by atoms with Gasteiger partial charge in [-0.05, 0) is 0 Å². The average molecular weight is 259 g/mol. The molecule has 2 heterocycles. The number of hydrogen-bond acceptors (Lipinski definition) is 7. The van der Waals surface area contributed by atoms with E-state index in [4.69, 9.17) is 15.6 Å². The van der Waals surface area contributed by atoms with E-state index in [9.17, 15) is 15.0 Å². The Morgan fingerprint density at radius 2 is 2.11 bits per heavy atom. The van der Waals surface area contributed by atoms with Gasteiger partial charge in [0.15, 0.2) is 12.5 Å². The normalized spacial score (nSPS) is 40.7. The van der Waals surface area contributed by atoms with Crippen LogP contribution in [0.5, 0.6) is 0 Å². The first-order valence-electron chi connectivity index (χ1n) is 5.58. The lowest BCUT2D eigenvalue weighted by Gasteiger charge is -2.40. The second-order valence-electron chi connectivity index (χ2n) is 4.35. The summed E-state index contributed by atoms with van der Waals surface area (Å²) < 4.78 is 5.34. The molecule has 1 unspecified atom stereocenters. The van der Waals surface area contributed by atoms with Crippen molar-refractivity contribution in [1.29, 1.82) is 0 Å². The van der Waals surface area contributed by atoms with Gasteiger partial charge in [0, 0.05) is 19.3 Å². The van der Waals surface area contributed by atoms with Gasteiger partial charge in [-0.25, -0.2) is 0 Å². The highest BCUT2D eigenvalue weighted by atomic mass is 16.6. The van der Waals surface area contributed by atoms with Crippen LogP contribution in [0.15, 0.2) is 12.3 Å². The Morgan fingerprint density at radius 3 is 2.67 bits per heavy atom. The number of likely N-dealkylation sites (N-methyl/N-ethyl adjacent to an activating group) is 1. The first kappa shape index (κ1) is 13.2. The molecule has 2 aliphatic rings. The molecule has 0 aromatic rings. The van der Waals surface area contributed by atoms with Crippen LogP contribution in [0.4, 0.5) is 0 Å². The van der Waals surface area contributed by atoms with Crippen LogP contribution in [-0.2, 0) is 9.53 Å². The quantitative estimate of drug-likeness (QED) is 0.416. The van der Waals surface area contributed by atoms with E-state index in [1.165, 1.54) is 29.1 Å². The summed E-state index contributed by atoms with van der Waals surface area (Å²) in [5, 5.41) is 28.5. The third-order valence-electron chi connectivity index (χ3n) is 3.25. The molecule has 1 fully saturated rings. The van der Waals surface area contributed by atoms with Crippen LogP contribution in [0.1, 0.15) is 0 Å². The fourth-order valence-corrected chi connectivity index (χ4v) is 2.05. The maximum atomic E-state index is 11.4. The molecule has 5 atom stereocenters. The molecule has 102 valence electrons. The lowest BCUT2D eigenvalue weighted by atomic mass is 10.1. The van der Waals surface area contributed by atoms with Gasteiger partial charge in [-0.3, -0.25) is 10.5 Å². The predicted molar refractivity (Wildman–Crippen MR) is 59.5 cm³/mol. The third-order valence-corrected chi connectivity index (χ3v) is 3.25. The monoisotopic (exact) mass is 259 g/mol. The number of ether oxygens (including phenoxy) is 1. The molecule has 1 saturated heterocycles. The minimum atomic E-state index is -1.21. The summed E-state index contributed by atoms with van der Waals surface area (Å²) in [7, 11) is 1.52. The molecule has 8 heteroatoms. The largest absolute Gasteiger partial charge is 0.394 e. The van der Waals surface area contributed by atoms with Gasteiger partial charge in [0.1, 0.15) is 18.3 Å². The molecular weight excluding hydrogens is 242 g/mol. The standard InChI is InChI=1S/C10H17N3O5/c1-12-6(15)2-3-13(10(12)11)9-8(17)7(16)5(4-14)18-9/h2-3,5,7-10,14,16-17H,4,11H2,1H3/t5-,7-,8-,9-,10?/m1/s1. The molecule has 2 rings (SSSR count). The molecule has 0 saturated carbocycles. The van der Waals surface area contributed by atoms with Crippen molar-refractivity contribution in [3.63, 3.8) is 0 Å². The van der Waals surface area contributed by atoms with Crippen molar-refractivity contribution in [2.45, 2.75) is 30.8 Å². The lowest BCUT2D eigenvalue weighted by Crippen LogP contribution is -2.60. The number of rotatable bonds is 2. The van der Waals surface area contributed by atoms with Crippen molar-refractivity contribution in [3.8, 4) is 0 Å². The molecule has 0 bridgehead atoms. The molecule has 1 amide bonds. The first-order chi connectivity index (χ1) is 8.47. The van der Waals surface area contributed by atoms with Gasteiger partial charge in [0.05, 0.1) is 6.61 Å². The fourth-order valence-electron chi connectivity index (χ4n) is 2.05. The number of amides is 1. The van der Waals surface area contributed by atoms with E-state index in [1.807, 2.05) is 0 Å². The molecule has 0 aromatic carbocycles. The van der Waals surface area contributed by atoms with Crippen LogP contribution in [-0.4, -0.2) is 75.5 Å². The van der Waals surface area contributed by atoms with Gasteiger partial charge < -0.3 is 29.9 Å². The third kappa shape index (κ3) is 1.98. The Balaban J connectivity index is 2.17. The van der Waals surface area contributed by atoms with Crippen LogP contribution >= 0.6 is 0 Å². The topological polar surface area (TPSA) is 119 Å². The van der Waals surface area contributed by atoms with Crippen molar-refractivity contribution in [2.75, 3.05) is 13.7 Å². The van der Waals surface area contributed by atoms with Crippen LogP contribution < -0.4 is 5.73 Å². The number of hydrogen-bond donors (Lipinski definition) is 4. The lowest BCUT2D eigenvalue weighted by molar-refractivity contribution is -0.144. The molecule has 0 aliphatic carbocycles. The predicted octanol–water partition coefficient (Wildman–Crippen LogP) is -3.04. The van der Waals surface area contributed by atoms with Gasteiger partial charge in [0.25, 0.3) is 0 Å². The number of nitrogens with two attached hydrogens (primary N) is 1. The van der Waals surface area contributed by atoms with E-state index in [0.29, 0.717) is 0 Å². The van der Waals surface area contributed by atoms with Crippen molar-refractivity contribution in [2.24, 2.45) is 5.73 Å². The van der Waals surface area contributed by atoms with Crippen molar-refractivity contribution < 1.29 is 24.9 Å². The Kier molecular flexibility index (Phi) is 3.55. The Morgan fingerprint density at radius 1 is 1.44 bits per heavy atom. The van der Waals surface area contributed by atoms with Gasteiger partial charge in [-0.1, -0.05) is 0 Å². The maximum absolute atomic E-state index is 11.4. The molecule has 2 aliphatic heterocycles. The van der Waals surface area contributed by atoms with Crippen molar-refractivity contribution >= 4 is 5.91 Å². The number of nitrogens with zero attached hydrogens (tertiary/aromatic N) is 2. The second-order valence-corrected chi connectivity index (χ2v) is 4.35. The molecule has 18 heavy (non-hydrogen) atoms. The smallest absolute Gasteiger partial charge is 0.250 e. The van der Waals surface area contributed by atoms with Crippen LogP contribution in [0.25, 0.3) is 0 Å². The van der Waals surface area contributed by atoms with Gasteiger partial charge in [0.2, 0.25) is 5.91 Å². The van der Waals surface area contributed by atoms with Crippen LogP contribution in [0.2, 0.25) is 0 Å². The molecular formula is C10H17N3O5. The van der Waals surface area contributed by atoms with Gasteiger partial charge in [-0.2, -0.15) is 0 Å². The molecule has 0 radical (unpaired) electrons. The van der Waals surface area contributed by atoms with E-state index in [0.717, 1.165) is 0 Å². The van der Waals surface area contributed by atoms with Crippen molar-refractivity contribution in [1.82, 2.24) is 9.80 Å². The molecule has 8 nitrogen and oxygen atoms in total. The summed E-state index contributed by atoms with van der Waals surface area (Å²) in [4.78, 5) is 14.1. The van der Waals surface area contributed by atoms with E-state index in [1.54, 1.807) is 0 Å². The summed E-state index contributed by atoms with van der Waals surface area (Å²) in [6.45, 7) is -0.406. The Labute approximate surface area is 104 Å². The summed E-state index contributed by atoms with van der Waals surface area (Å²) in [5.41, 5.74) is 5.83. The number of aliphatic hydroxyl groups excluding tert-OH is 3. The highest BCUT2D eigenvalue weighted by Gasteiger charge is 2.46. The Hall–Kier alpha value is -1.19. The minimum Gasteiger partial charge on any atom is -0.394 e. The fraction of sp³-hybridized carbons (Fsp3) is 0.700. The van der Waals surface area contributed by atoms with Crippen LogP contribution in [0.3, 0.4) is 0 Å². The summed E-state index contributed by atoms with van der Waals surface area (Å²) in [6, 6.07) is 0. The number of carbonyl (C=O) groups is 1. The van der Waals surface area contributed by atoms with Gasteiger partial charge in [-0.15, -0.1) is 0 Å². The number of carbonyl (C=O) groups excluding carboxylic acids is 1.